The van der Waals surface area contributed by atoms with Gasteiger partial charge in [0.25, 0.3) is 0 Å². The molecule has 1 aromatic carbocycles. The monoisotopic (exact) mass is 366 g/mol. The molecular formula is C15H17F3O5S. The van der Waals surface area contributed by atoms with Gasteiger partial charge in [-0.15, -0.1) is 0 Å². The predicted octanol–water partition coefficient (Wildman–Crippen LogP) is 3.40. The van der Waals surface area contributed by atoms with E-state index in [9.17, 15) is 26.4 Å². The van der Waals surface area contributed by atoms with Crippen LogP contribution in [0.15, 0.2) is 24.3 Å². The van der Waals surface area contributed by atoms with Gasteiger partial charge in [0.2, 0.25) is 0 Å². The average Bonchev–Trinajstić information content (AvgIpc) is 2.42. The predicted molar refractivity (Wildman–Crippen MR) is 81.8 cm³/mol. The molecule has 0 fully saturated rings. The largest absolute Gasteiger partial charge is 0.534 e. The lowest BCUT2D eigenvalue weighted by atomic mass is 9.86. The molecule has 0 radical (unpaired) electrons. The van der Waals surface area contributed by atoms with Gasteiger partial charge in [0, 0.05) is 11.6 Å². The lowest BCUT2D eigenvalue weighted by Crippen LogP contribution is -2.28. The van der Waals surface area contributed by atoms with Gasteiger partial charge in [0.15, 0.2) is 0 Å². The molecule has 0 N–H and O–H groups in total. The Morgan fingerprint density at radius 3 is 2.21 bits per heavy atom. The first kappa shape index (κ1) is 20.0. The molecule has 0 atom stereocenters. The number of hydrogen-bond acceptors (Lipinski definition) is 5. The summed E-state index contributed by atoms with van der Waals surface area (Å²) in [6, 6.07) is 4.16. The Hall–Kier alpha value is -2.03. The summed E-state index contributed by atoms with van der Waals surface area (Å²) in [5.41, 5.74) is -5.47. The van der Waals surface area contributed by atoms with Crippen molar-refractivity contribution in [3.8, 4) is 5.75 Å². The summed E-state index contributed by atoms with van der Waals surface area (Å²) in [5, 5.41) is 0. The molecule has 0 unspecified atom stereocenters. The molecule has 0 aliphatic heterocycles. The second kappa shape index (κ2) is 6.84. The number of alkyl halides is 3. The highest BCUT2D eigenvalue weighted by Gasteiger charge is 2.48. The molecule has 0 aliphatic rings. The number of carbonyl (C=O) groups excluding carboxylic acids is 1. The molecular weight excluding hydrogens is 349 g/mol. The smallest absolute Gasteiger partial charge is 0.466 e. The molecule has 1 aromatic rings. The van der Waals surface area contributed by atoms with Crippen LogP contribution in [-0.4, -0.2) is 27.0 Å². The van der Waals surface area contributed by atoms with Gasteiger partial charge in [-0.1, -0.05) is 32.9 Å². The third kappa shape index (κ3) is 4.98. The fourth-order valence-electron chi connectivity index (χ4n) is 1.60. The lowest BCUT2D eigenvalue weighted by molar-refractivity contribution is -0.134. The van der Waals surface area contributed by atoms with Crippen molar-refractivity contribution in [3.05, 3.63) is 35.4 Å². The summed E-state index contributed by atoms with van der Waals surface area (Å²) in [7, 11) is -4.70. The van der Waals surface area contributed by atoms with Crippen molar-refractivity contribution in [2.75, 3.05) is 7.11 Å². The fourth-order valence-corrected chi connectivity index (χ4v) is 2.08. The summed E-state index contributed by atoms with van der Waals surface area (Å²) in [6.07, 6.45) is 2.05. The molecule has 0 heterocycles. The highest BCUT2D eigenvalue weighted by Crippen LogP contribution is 2.33. The van der Waals surface area contributed by atoms with Crippen molar-refractivity contribution in [2.45, 2.75) is 31.7 Å². The van der Waals surface area contributed by atoms with E-state index in [-0.39, 0.29) is 5.56 Å². The first-order valence-electron chi connectivity index (χ1n) is 6.69. The van der Waals surface area contributed by atoms with Crippen LogP contribution in [0.5, 0.6) is 5.75 Å². The molecule has 24 heavy (non-hydrogen) atoms. The second-order valence-corrected chi connectivity index (χ2v) is 7.38. The van der Waals surface area contributed by atoms with Crippen LogP contribution in [0.25, 0.3) is 6.08 Å². The first-order valence-corrected chi connectivity index (χ1v) is 8.10. The van der Waals surface area contributed by atoms with E-state index >= 15 is 0 Å². The fraction of sp³-hybridized carbons (Fsp3) is 0.400. The average molecular weight is 366 g/mol. The summed E-state index contributed by atoms with van der Waals surface area (Å²) in [6.45, 7) is 5.40. The van der Waals surface area contributed by atoms with Crippen LogP contribution in [0.1, 0.15) is 31.9 Å². The van der Waals surface area contributed by atoms with Crippen molar-refractivity contribution >= 4 is 22.2 Å². The van der Waals surface area contributed by atoms with Crippen molar-refractivity contribution in [1.29, 1.82) is 0 Å². The molecule has 0 aliphatic carbocycles. The van der Waals surface area contributed by atoms with Gasteiger partial charge in [-0.05, 0) is 23.1 Å². The summed E-state index contributed by atoms with van der Waals surface area (Å²) in [4.78, 5) is 11.1. The summed E-state index contributed by atoms with van der Waals surface area (Å²) >= 11 is 0. The molecule has 134 valence electrons. The van der Waals surface area contributed by atoms with E-state index in [1.807, 2.05) is 0 Å². The van der Waals surface area contributed by atoms with Crippen LogP contribution in [0, 0.1) is 0 Å². The number of benzene rings is 1. The number of hydrogen-bond donors (Lipinski definition) is 0. The van der Waals surface area contributed by atoms with Crippen molar-refractivity contribution in [2.24, 2.45) is 0 Å². The summed E-state index contributed by atoms with van der Waals surface area (Å²) < 4.78 is 68.8. The molecule has 0 bridgehead atoms. The molecule has 0 aromatic heterocycles. The van der Waals surface area contributed by atoms with Crippen molar-refractivity contribution < 1.29 is 35.3 Å². The Morgan fingerprint density at radius 2 is 1.75 bits per heavy atom. The Kier molecular flexibility index (Phi) is 5.70. The Labute approximate surface area is 138 Å². The van der Waals surface area contributed by atoms with E-state index in [0.717, 1.165) is 19.3 Å². The van der Waals surface area contributed by atoms with E-state index in [2.05, 4.69) is 8.92 Å². The minimum absolute atomic E-state index is 0.0128. The number of carbonyl (C=O) groups is 1. The van der Waals surface area contributed by atoms with Gasteiger partial charge >= 0.3 is 21.6 Å². The van der Waals surface area contributed by atoms with Crippen molar-refractivity contribution in [3.63, 3.8) is 0 Å². The van der Waals surface area contributed by atoms with Crippen molar-refractivity contribution in [1.82, 2.24) is 0 Å². The number of halogens is 3. The van der Waals surface area contributed by atoms with Gasteiger partial charge in [-0.25, -0.2) is 4.79 Å². The second-order valence-electron chi connectivity index (χ2n) is 5.84. The number of ether oxygens (including phenoxy) is 1. The van der Waals surface area contributed by atoms with E-state index in [0.29, 0.717) is 5.56 Å². The molecule has 0 saturated carbocycles. The van der Waals surface area contributed by atoms with E-state index < -0.39 is 32.8 Å². The third-order valence-corrected chi connectivity index (χ3v) is 3.93. The molecule has 0 amide bonds. The zero-order chi connectivity index (χ0) is 18.8. The minimum Gasteiger partial charge on any atom is -0.466 e. The first-order chi connectivity index (χ1) is 10.8. The van der Waals surface area contributed by atoms with Crippen LogP contribution in [0.4, 0.5) is 13.2 Å². The lowest BCUT2D eigenvalue weighted by Gasteiger charge is -2.21. The molecule has 9 heteroatoms. The SMILES string of the molecule is COC(=O)/C=C/c1ccc(C(C)(C)C)cc1OS(=O)(=O)C(F)(F)F. The number of esters is 1. The zero-order valence-corrected chi connectivity index (χ0v) is 14.3. The standard InChI is InChI=1S/C15H17F3O5S/c1-14(2,3)11-7-5-10(6-8-13(19)22-4)12(9-11)23-24(20,21)15(16,17)18/h5-9H,1-4H3/b8-6+. The van der Waals surface area contributed by atoms with Crippen LogP contribution in [0.2, 0.25) is 0 Å². The quantitative estimate of drug-likeness (QED) is 0.354. The number of rotatable bonds is 4. The van der Waals surface area contributed by atoms with E-state index in [1.54, 1.807) is 26.8 Å². The zero-order valence-electron chi connectivity index (χ0n) is 13.5. The normalized spacial score (nSPS) is 13.1. The van der Waals surface area contributed by atoms with Crippen LogP contribution < -0.4 is 4.18 Å². The topological polar surface area (TPSA) is 69.7 Å². The Bertz CT molecular complexity index is 743. The maximum atomic E-state index is 12.5. The van der Waals surface area contributed by atoms with Gasteiger partial charge in [0.05, 0.1) is 7.11 Å². The van der Waals surface area contributed by atoms with Crippen LogP contribution >= 0.6 is 0 Å². The van der Waals surface area contributed by atoms with Gasteiger partial charge in [-0.3, -0.25) is 0 Å². The molecule has 5 nitrogen and oxygen atoms in total. The Morgan fingerprint density at radius 1 is 1.17 bits per heavy atom. The summed E-state index contributed by atoms with van der Waals surface area (Å²) in [5.74, 6) is -1.28. The van der Waals surface area contributed by atoms with Crippen LogP contribution in [0.3, 0.4) is 0 Å². The third-order valence-electron chi connectivity index (χ3n) is 2.96. The van der Waals surface area contributed by atoms with Gasteiger partial charge in [-0.2, -0.15) is 21.6 Å². The Balaban J connectivity index is 3.41. The number of methoxy groups -OCH3 is 1. The highest BCUT2D eigenvalue weighted by molar-refractivity contribution is 7.88. The molecule has 0 saturated heterocycles. The highest BCUT2D eigenvalue weighted by atomic mass is 32.2. The van der Waals surface area contributed by atoms with E-state index in [1.165, 1.54) is 12.1 Å². The van der Waals surface area contributed by atoms with Gasteiger partial charge in [0.1, 0.15) is 5.75 Å². The van der Waals surface area contributed by atoms with Crippen LogP contribution in [-0.2, 0) is 25.1 Å². The minimum atomic E-state index is -5.83. The maximum absolute atomic E-state index is 12.5. The van der Waals surface area contributed by atoms with Gasteiger partial charge < -0.3 is 8.92 Å². The maximum Gasteiger partial charge on any atom is 0.534 e. The molecule has 0 spiro atoms. The molecule has 1 rings (SSSR count). The van der Waals surface area contributed by atoms with E-state index in [4.69, 9.17) is 0 Å².